The summed E-state index contributed by atoms with van der Waals surface area (Å²) in [5, 5.41) is 3.22. The summed E-state index contributed by atoms with van der Waals surface area (Å²) < 4.78 is 32.5. The summed E-state index contributed by atoms with van der Waals surface area (Å²) in [6.45, 7) is 9.12. The van der Waals surface area contributed by atoms with Crippen molar-refractivity contribution in [2.75, 3.05) is 26.3 Å². The molecule has 0 unspecified atom stereocenters. The van der Waals surface area contributed by atoms with Gasteiger partial charge in [-0.2, -0.15) is 0 Å². The molecule has 1 aromatic rings. The summed E-state index contributed by atoms with van der Waals surface area (Å²) >= 11 is 1.33. The number of nitrogens with one attached hydrogen (secondary N) is 2. The lowest BCUT2D eigenvalue weighted by Crippen LogP contribution is -2.24. The summed E-state index contributed by atoms with van der Waals surface area (Å²) in [7, 11) is -3.39. The van der Waals surface area contributed by atoms with Gasteiger partial charge >= 0.3 is 0 Å². The van der Waals surface area contributed by atoms with Crippen molar-refractivity contribution in [3.8, 4) is 0 Å². The van der Waals surface area contributed by atoms with Crippen LogP contribution in [-0.4, -0.2) is 34.7 Å². The van der Waals surface area contributed by atoms with Crippen LogP contribution < -0.4 is 10.0 Å². The highest BCUT2D eigenvalue weighted by atomic mass is 32.2. The van der Waals surface area contributed by atoms with Crippen molar-refractivity contribution in [2.45, 2.75) is 37.9 Å². The predicted molar refractivity (Wildman–Crippen MR) is 82.7 cm³/mol. The molecule has 7 heteroatoms. The third-order valence-corrected chi connectivity index (χ3v) is 5.93. The van der Waals surface area contributed by atoms with E-state index in [1.54, 1.807) is 6.07 Å². The monoisotopic (exact) mass is 320 g/mol. The number of sulfonamides is 1. The van der Waals surface area contributed by atoms with E-state index in [0.29, 0.717) is 36.9 Å². The van der Waals surface area contributed by atoms with Crippen LogP contribution in [-0.2, 0) is 21.3 Å². The minimum absolute atomic E-state index is 0.388. The molecule has 0 saturated carbocycles. The van der Waals surface area contributed by atoms with Crippen LogP contribution >= 0.6 is 11.3 Å². The molecule has 20 heavy (non-hydrogen) atoms. The minimum Gasteiger partial charge on any atom is -0.382 e. The SMILES string of the molecule is CCNCc1sc(S(=O)(=O)NCCCOCC)cc1C. The van der Waals surface area contributed by atoms with Crippen LogP contribution in [0, 0.1) is 6.92 Å². The lowest BCUT2D eigenvalue weighted by Gasteiger charge is -2.04. The van der Waals surface area contributed by atoms with E-state index in [1.807, 2.05) is 20.8 Å². The summed E-state index contributed by atoms with van der Waals surface area (Å²) in [5.41, 5.74) is 1.02. The molecule has 1 aromatic heterocycles. The van der Waals surface area contributed by atoms with Crippen LogP contribution in [0.1, 0.15) is 30.7 Å². The number of aryl methyl sites for hydroxylation is 1. The summed E-state index contributed by atoms with van der Waals surface area (Å²) in [6.07, 6.45) is 0.682. The Hall–Kier alpha value is -0.470. The van der Waals surface area contributed by atoms with Crippen LogP contribution in [0.2, 0.25) is 0 Å². The van der Waals surface area contributed by atoms with E-state index in [4.69, 9.17) is 4.74 Å². The topological polar surface area (TPSA) is 67.4 Å². The maximum absolute atomic E-state index is 12.1. The normalized spacial score (nSPS) is 11.9. The van der Waals surface area contributed by atoms with Gasteiger partial charge in [0.15, 0.2) is 0 Å². The van der Waals surface area contributed by atoms with Crippen molar-refractivity contribution in [3.63, 3.8) is 0 Å². The minimum atomic E-state index is -3.39. The first kappa shape index (κ1) is 17.6. The van der Waals surface area contributed by atoms with Crippen molar-refractivity contribution < 1.29 is 13.2 Å². The highest BCUT2D eigenvalue weighted by Crippen LogP contribution is 2.25. The molecule has 0 aromatic carbocycles. The van der Waals surface area contributed by atoms with Gasteiger partial charge < -0.3 is 10.1 Å². The molecule has 1 heterocycles. The summed E-state index contributed by atoms with van der Waals surface area (Å²) in [4.78, 5) is 1.07. The zero-order chi connectivity index (χ0) is 15.0. The number of thiophene rings is 1. The smallest absolute Gasteiger partial charge is 0.250 e. The third-order valence-electron chi connectivity index (χ3n) is 2.76. The lowest BCUT2D eigenvalue weighted by molar-refractivity contribution is 0.146. The van der Waals surface area contributed by atoms with Crippen molar-refractivity contribution in [2.24, 2.45) is 0 Å². The first-order chi connectivity index (χ1) is 9.51. The standard InChI is InChI=1S/C13H24N2O3S2/c1-4-14-10-12-11(3)9-13(19-12)20(16,17)15-7-6-8-18-5-2/h9,14-15H,4-8,10H2,1-3H3. The Labute approximate surface area is 125 Å². The zero-order valence-electron chi connectivity index (χ0n) is 12.4. The van der Waals surface area contributed by atoms with Crippen molar-refractivity contribution >= 4 is 21.4 Å². The average molecular weight is 320 g/mol. The molecule has 0 aliphatic rings. The second kappa shape index (κ2) is 8.74. The fraction of sp³-hybridized carbons (Fsp3) is 0.692. The van der Waals surface area contributed by atoms with E-state index in [1.165, 1.54) is 11.3 Å². The van der Waals surface area contributed by atoms with Gasteiger partial charge in [-0.3, -0.25) is 0 Å². The van der Waals surface area contributed by atoms with Gasteiger partial charge in [0.05, 0.1) is 0 Å². The van der Waals surface area contributed by atoms with Crippen LogP contribution in [0.15, 0.2) is 10.3 Å². The molecule has 2 N–H and O–H groups in total. The van der Waals surface area contributed by atoms with Gasteiger partial charge in [-0.15, -0.1) is 11.3 Å². The number of hydrogen-bond donors (Lipinski definition) is 2. The Bertz CT molecular complexity index is 498. The van der Waals surface area contributed by atoms with Crippen LogP contribution in [0.5, 0.6) is 0 Å². The third kappa shape index (κ3) is 5.49. The largest absolute Gasteiger partial charge is 0.382 e. The number of hydrogen-bond acceptors (Lipinski definition) is 5. The number of rotatable bonds is 10. The lowest BCUT2D eigenvalue weighted by atomic mass is 10.3. The highest BCUT2D eigenvalue weighted by molar-refractivity contribution is 7.91. The van der Waals surface area contributed by atoms with E-state index in [0.717, 1.165) is 17.0 Å². The van der Waals surface area contributed by atoms with Crippen LogP contribution in [0.3, 0.4) is 0 Å². The Kier molecular flexibility index (Phi) is 7.68. The Balaban J connectivity index is 2.58. The Morgan fingerprint density at radius 1 is 1.35 bits per heavy atom. The van der Waals surface area contributed by atoms with E-state index in [9.17, 15) is 8.42 Å². The molecule has 0 fully saturated rings. The van der Waals surface area contributed by atoms with Gasteiger partial charge in [0, 0.05) is 31.2 Å². The molecule has 0 aliphatic carbocycles. The van der Waals surface area contributed by atoms with Crippen molar-refractivity contribution in [3.05, 3.63) is 16.5 Å². The predicted octanol–water partition coefficient (Wildman–Crippen LogP) is 1.87. The number of ether oxygens (including phenoxy) is 1. The zero-order valence-corrected chi connectivity index (χ0v) is 14.0. The maximum Gasteiger partial charge on any atom is 0.250 e. The Morgan fingerprint density at radius 3 is 2.75 bits per heavy atom. The van der Waals surface area contributed by atoms with E-state index in [-0.39, 0.29) is 0 Å². The van der Waals surface area contributed by atoms with E-state index >= 15 is 0 Å². The average Bonchev–Trinajstić information content (AvgIpc) is 2.78. The first-order valence-electron chi connectivity index (χ1n) is 6.88. The fourth-order valence-electron chi connectivity index (χ4n) is 1.63. The summed E-state index contributed by atoms with van der Waals surface area (Å²) in [6, 6.07) is 1.74. The van der Waals surface area contributed by atoms with Gasteiger partial charge in [-0.1, -0.05) is 6.92 Å². The van der Waals surface area contributed by atoms with Crippen molar-refractivity contribution in [1.29, 1.82) is 0 Å². The van der Waals surface area contributed by atoms with Gasteiger partial charge in [0.25, 0.3) is 0 Å². The molecule has 0 bridgehead atoms. The molecule has 0 spiro atoms. The van der Waals surface area contributed by atoms with Crippen molar-refractivity contribution in [1.82, 2.24) is 10.0 Å². The van der Waals surface area contributed by atoms with Gasteiger partial charge in [0.1, 0.15) is 4.21 Å². The Morgan fingerprint density at radius 2 is 2.10 bits per heavy atom. The van der Waals surface area contributed by atoms with E-state index < -0.39 is 10.0 Å². The fourth-order valence-corrected chi connectivity index (χ4v) is 4.31. The van der Waals surface area contributed by atoms with Gasteiger partial charge in [0.2, 0.25) is 10.0 Å². The highest BCUT2D eigenvalue weighted by Gasteiger charge is 2.18. The molecular weight excluding hydrogens is 296 g/mol. The molecule has 5 nitrogen and oxygen atoms in total. The second-order valence-electron chi connectivity index (χ2n) is 4.40. The molecular formula is C13H24N2O3S2. The quantitative estimate of drug-likeness (QED) is 0.646. The van der Waals surface area contributed by atoms with Crippen LogP contribution in [0.25, 0.3) is 0 Å². The van der Waals surface area contributed by atoms with Gasteiger partial charge in [-0.25, -0.2) is 13.1 Å². The molecule has 0 aliphatic heterocycles. The molecule has 1 rings (SSSR count). The molecule has 0 amide bonds. The van der Waals surface area contributed by atoms with Gasteiger partial charge in [-0.05, 0) is 38.4 Å². The second-order valence-corrected chi connectivity index (χ2v) is 7.53. The molecule has 0 radical (unpaired) electrons. The summed E-state index contributed by atoms with van der Waals surface area (Å²) in [5.74, 6) is 0. The molecule has 0 atom stereocenters. The van der Waals surface area contributed by atoms with E-state index in [2.05, 4.69) is 10.0 Å². The maximum atomic E-state index is 12.1. The first-order valence-corrected chi connectivity index (χ1v) is 9.18. The molecule has 0 saturated heterocycles. The molecule has 116 valence electrons. The van der Waals surface area contributed by atoms with Crippen LogP contribution in [0.4, 0.5) is 0 Å².